The fraction of sp³-hybridized carbons (Fsp3) is 0.316. The highest BCUT2D eigenvalue weighted by atomic mass is 35.5. The first-order valence-corrected chi connectivity index (χ1v) is 12.0. The molecule has 1 aromatic carbocycles. The highest BCUT2D eigenvalue weighted by molar-refractivity contribution is 7.99. The number of aromatic nitrogens is 4. The molecule has 0 aliphatic rings. The lowest BCUT2D eigenvalue weighted by molar-refractivity contribution is -0.113. The largest absolute Gasteiger partial charge is 0.352 e. The van der Waals surface area contributed by atoms with Crippen LogP contribution in [0.5, 0.6) is 0 Å². The van der Waals surface area contributed by atoms with E-state index in [-0.39, 0.29) is 17.6 Å². The highest BCUT2D eigenvalue weighted by Crippen LogP contribution is 2.22. The lowest BCUT2D eigenvalue weighted by Crippen LogP contribution is -2.26. The van der Waals surface area contributed by atoms with E-state index in [0.29, 0.717) is 45.4 Å². The second kappa shape index (κ2) is 10.9. The van der Waals surface area contributed by atoms with Gasteiger partial charge in [0.1, 0.15) is 5.82 Å². The number of carbonyl (C=O) groups excluding carboxylic acids is 2. The lowest BCUT2D eigenvalue weighted by atomic mass is 10.2. The number of hydrogen-bond donors (Lipinski definition) is 2. The van der Waals surface area contributed by atoms with Gasteiger partial charge in [-0.05, 0) is 32.0 Å². The standard InChI is InChI=1S/C19H20Cl2N6O2S2/c1-3-27-15(6-7-22-17(29)12-4-5-13(20)14(21)8-12)25-26-19(27)31-10-16(28)24-18-23-11(2)9-30-18/h4-5,8-9H,3,6-7,10H2,1-2H3,(H,22,29)(H,23,24,28). The fourth-order valence-corrected chi connectivity index (χ4v) is 4.48. The highest BCUT2D eigenvalue weighted by Gasteiger charge is 2.15. The molecule has 2 aromatic heterocycles. The second-order valence-corrected chi connectivity index (χ2v) is 9.02. The number of halogens is 2. The Balaban J connectivity index is 1.51. The number of aryl methyl sites for hydroxylation is 1. The molecule has 0 atom stereocenters. The van der Waals surface area contributed by atoms with Crippen LogP contribution in [0.1, 0.15) is 28.8 Å². The van der Waals surface area contributed by atoms with Crippen molar-refractivity contribution < 1.29 is 9.59 Å². The van der Waals surface area contributed by atoms with E-state index < -0.39 is 0 Å². The molecule has 0 spiro atoms. The molecule has 2 N–H and O–H groups in total. The third kappa shape index (κ3) is 6.42. The Labute approximate surface area is 197 Å². The molecular weight excluding hydrogens is 479 g/mol. The zero-order valence-corrected chi connectivity index (χ0v) is 20.0. The van der Waals surface area contributed by atoms with Crippen LogP contribution in [0, 0.1) is 6.92 Å². The van der Waals surface area contributed by atoms with Crippen LogP contribution >= 0.6 is 46.3 Å². The molecule has 164 valence electrons. The Bertz CT molecular complexity index is 1090. The van der Waals surface area contributed by atoms with E-state index in [9.17, 15) is 9.59 Å². The molecule has 0 aliphatic carbocycles. The summed E-state index contributed by atoms with van der Waals surface area (Å²) < 4.78 is 1.93. The number of thioether (sulfide) groups is 1. The SMILES string of the molecule is CCn1c(CCNC(=O)c2ccc(Cl)c(Cl)c2)nnc1SCC(=O)Nc1nc(C)cs1. The van der Waals surface area contributed by atoms with Gasteiger partial charge in [0.2, 0.25) is 5.91 Å². The minimum atomic E-state index is -0.246. The molecule has 0 aliphatic heterocycles. The van der Waals surface area contributed by atoms with Crippen molar-refractivity contribution in [3.05, 3.63) is 50.7 Å². The van der Waals surface area contributed by atoms with E-state index >= 15 is 0 Å². The molecule has 0 bridgehead atoms. The van der Waals surface area contributed by atoms with E-state index in [4.69, 9.17) is 23.2 Å². The molecular formula is C19H20Cl2N6O2S2. The van der Waals surface area contributed by atoms with Crippen molar-refractivity contribution in [2.75, 3.05) is 17.6 Å². The number of hydrogen-bond acceptors (Lipinski definition) is 7. The van der Waals surface area contributed by atoms with Gasteiger partial charge >= 0.3 is 0 Å². The Morgan fingerprint density at radius 3 is 2.71 bits per heavy atom. The number of anilines is 1. The number of rotatable bonds is 9. The predicted molar refractivity (Wildman–Crippen MR) is 124 cm³/mol. The summed E-state index contributed by atoms with van der Waals surface area (Å²) in [5.41, 5.74) is 1.30. The first kappa shape index (κ1) is 23.5. The molecule has 0 saturated carbocycles. The molecule has 0 unspecified atom stereocenters. The maximum atomic E-state index is 12.3. The lowest BCUT2D eigenvalue weighted by Gasteiger charge is -2.08. The number of carbonyl (C=O) groups is 2. The molecule has 2 heterocycles. The monoisotopic (exact) mass is 498 g/mol. The van der Waals surface area contributed by atoms with Crippen molar-refractivity contribution in [3.63, 3.8) is 0 Å². The van der Waals surface area contributed by atoms with Crippen molar-refractivity contribution in [2.24, 2.45) is 0 Å². The van der Waals surface area contributed by atoms with Gasteiger partial charge in [0.15, 0.2) is 10.3 Å². The van der Waals surface area contributed by atoms with Crippen LogP contribution < -0.4 is 10.6 Å². The summed E-state index contributed by atoms with van der Waals surface area (Å²) in [5.74, 6) is 0.533. The zero-order chi connectivity index (χ0) is 22.4. The zero-order valence-electron chi connectivity index (χ0n) is 16.8. The predicted octanol–water partition coefficient (Wildman–Crippen LogP) is 4.07. The minimum Gasteiger partial charge on any atom is -0.352 e. The molecule has 31 heavy (non-hydrogen) atoms. The summed E-state index contributed by atoms with van der Waals surface area (Å²) in [7, 11) is 0. The number of thiazole rings is 1. The third-order valence-electron chi connectivity index (χ3n) is 4.12. The van der Waals surface area contributed by atoms with Crippen molar-refractivity contribution in [3.8, 4) is 0 Å². The molecule has 0 fully saturated rings. The van der Waals surface area contributed by atoms with Crippen LogP contribution in [0.2, 0.25) is 10.0 Å². The molecule has 3 aromatic rings. The average Bonchev–Trinajstić information content (AvgIpc) is 3.33. The van der Waals surface area contributed by atoms with Gasteiger partial charge in [0, 0.05) is 30.5 Å². The Morgan fingerprint density at radius 2 is 2.03 bits per heavy atom. The number of nitrogens with zero attached hydrogens (tertiary/aromatic N) is 4. The normalized spacial score (nSPS) is 10.8. The topological polar surface area (TPSA) is 102 Å². The Morgan fingerprint density at radius 1 is 1.23 bits per heavy atom. The quantitative estimate of drug-likeness (QED) is 0.431. The number of benzene rings is 1. The van der Waals surface area contributed by atoms with Crippen LogP contribution in [0.15, 0.2) is 28.7 Å². The molecule has 8 nitrogen and oxygen atoms in total. The van der Waals surface area contributed by atoms with E-state index in [1.54, 1.807) is 12.1 Å². The van der Waals surface area contributed by atoms with Gasteiger partial charge in [0.25, 0.3) is 5.91 Å². The van der Waals surface area contributed by atoms with Gasteiger partial charge in [-0.3, -0.25) is 9.59 Å². The van der Waals surface area contributed by atoms with E-state index in [0.717, 1.165) is 11.5 Å². The van der Waals surface area contributed by atoms with Gasteiger partial charge in [-0.2, -0.15) is 0 Å². The first-order valence-electron chi connectivity index (χ1n) is 9.37. The van der Waals surface area contributed by atoms with Crippen molar-refractivity contribution in [2.45, 2.75) is 32.0 Å². The molecule has 12 heteroatoms. The van der Waals surface area contributed by atoms with Crippen molar-refractivity contribution >= 4 is 63.2 Å². The summed E-state index contributed by atoms with van der Waals surface area (Å²) in [6, 6.07) is 4.73. The molecule has 0 saturated heterocycles. The van der Waals surface area contributed by atoms with Gasteiger partial charge in [-0.15, -0.1) is 21.5 Å². The van der Waals surface area contributed by atoms with Crippen LogP contribution in [-0.4, -0.2) is 43.9 Å². The Hall–Kier alpha value is -2.14. The number of amides is 2. The summed E-state index contributed by atoms with van der Waals surface area (Å²) in [5, 5.41) is 17.8. The van der Waals surface area contributed by atoms with Crippen LogP contribution in [0.3, 0.4) is 0 Å². The van der Waals surface area contributed by atoms with E-state index in [1.807, 2.05) is 23.8 Å². The number of nitrogens with one attached hydrogen (secondary N) is 2. The molecule has 2 amide bonds. The van der Waals surface area contributed by atoms with Gasteiger partial charge in [-0.1, -0.05) is 35.0 Å². The second-order valence-electron chi connectivity index (χ2n) is 6.41. The maximum absolute atomic E-state index is 12.3. The summed E-state index contributed by atoms with van der Waals surface area (Å²) in [6.45, 7) is 4.88. The van der Waals surface area contributed by atoms with Crippen molar-refractivity contribution in [1.82, 2.24) is 25.1 Å². The van der Waals surface area contributed by atoms with Crippen LogP contribution in [0.25, 0.3) is 0 Å². The van der Waals surface area contributed by atoms with Crippen molar-refractivity contribution in [1.29, 1.82) is 0 Å². The molecule has 3 rings (SSSR count). The van der Waals surface area contributed by atoms with Crippen LogP contribution in [0.4, 0.5) is 5.13 Å². The summed E-state index contributed by atoms with van der Waals surface area (Å²) in [4.78, 5) is 28.6. The summed E-state index contributed by atoms with van der Waals surface area (Å²) >= 11 is 14.5. The minimum absolute atomic E-state index is 0.152. The molecule has 0 radical (unpaired) electrons. The van der Waals surface area contributed by atoms with Gasteiger partial charge in [0.05, 0.1) is 21.5 Å². The third-order valence-corrected chi connectivity index (χ3v) is 6.70. The maximum Gasteiger partial charge on any atom is 0.251 e. The van der Waals surface area contributed by atoms with Gasteiger partial charge in [-0.25, -0.2) is 4.98 Å². The first-order chi connectivity index (χ1) is 14.9. The Kier molecular flexibility index (Phi) is 8.30. The average molecular weight is 499 g/mol. The van der Waals surface area contributed by atoms with E-state index in [2.05, 4.69) is 25.8 Å². The van der Waals surface area contributed by atoms with Gasteiger partial charge < -0.3 is 15.2 Å². The van der Waals surface area contributed by atoms with E-state index in [1.165, 1.54) is 29.2 Å². The summed E-state index contributed by atoms with van der Waals surface area (Å²) in [6.07, 6.45) is 0.499. The smallest absolute Gasteiger partial charge is 0.251 e. The fourth-order valence-electron chi connectivity index (χ4n) is 2.65. The van der Waals surface area contributed by atoms with Crippen LogP contribution in [-0.2, 0) is 17.8 Å².